The SMILES string of the molecule is CCn1c(CN)nnc1C1CCC2CCCCC2C1. The molecule has 4 nitrogen and oxygen atoms in total. The molecule has 2 fully saturated rings. The summed E-state index contributed by atoms with van der Waals surface area (Å²) in [5, 5.41) is 8.72. The fourth-order valence-electron chi connectivity index (χ4n) is 4.25. The normalized spacial score (nSPS) is 31.2. The second-order valence-electron chi connectivity index (χ2n) is 6.24. The van der Waals surface area contributed by atoms with Gasteiger partial charge in [0.15, 0.2) is 0 Å². The third-order valence-electron chi connectivity index (χ3n) is 5.26. The van der Waals surface area contributed by atoms with Crippen LogP contribution < -0.4 is 5.73 Å². The second kappa shape index (κ2) is 5.61. The van der Waals surface area contributed by atoms with Crippen molar-refractivity contribution < 1.29 is 0 Å². The number of rotatable bonds is 3. The lowest BCUT2D eigenvalue weighted by atomic mass is 9.67. The van der Waals surface area contributed by atoms with Crippen molar-refractivity contribution in [1.29, 1.82) is 0 Å². The molecule has 0 spiro atoms. The zero-order chi connectivity index (χ0) is 13.2. The van der Waals surface area contributed by atoms with Crippen LogP contribution in [0.3, 0.4) is 0 Å². The third-order valence-corrected chi connectivity index (χ3v) is 5.26. The Bertz CT molecular complexity index is 426. The monoisotopic (exact) mass is 262 g/mol. The quantitative estimate of drug-likeness (QED) is 0.911. The first-order valence-electron chi connectivity index (χ1n) is 7.95. The molecule has 19 heavy (non-hydrogen) atoms. The topological polar surface area (TPSA) is 56.7 Å². The van der Waals surface area contributed by atoms with Gasteiger partial charge in [0.25, 0.3) is 0 Å². The molecule has 0 aliphatic heterocycles. The molecular formula is C15H26N4. The van der Waals surface area contributed by atoms with E-state index >= 15 is 0 Å². The Labute approximate surface area is 115 Å². The highest BCUT2D eigenvalue weighted by Gasteiger charge is 2.34. The number of fused-ring (bicyclic) bond motifs is 1. The lowest BCUT2D eigenvalue weighted by Crippen LogP contribution is -2.28. The predicted octanol–water partition coefficient (Wildman–Crippen LogP) is 2.83. The first-order chi connectivity index (χ1) is 9.33. The number of aromatic nitrogens is 3. The van der Waals surface area contributed by atoms with Crippen molar-refractivity contribution in [2.24, 2.45) is 17.6 Å². The molecule has 3 rings (SSSR count). The van der Waals surface area contributed by atoms with Gasteiger partial charge in [-0.25, -0.2) is 0 Å². The van der Waals surface area contributed by atoms with Crippen molar-refractivity contribution in [2.75, 3.05) is 0 Å². The van der Waals surface area contributed by atoms with Gasteiger partial charge >= 0.3 is 0 Å². The van der Waals surface area contributed by atoms with Gasteiger partial charge in [0.05, 0.1) is 6.54 Å². The Balaban J connectivity index is 1.77. The molecule has 2 saturated carbocycles. The van der Waals surface area contributed by atoms with Crippen LogP contribution in [0.5, 0.6) is 0 Å². The maximum absolute atomic E-state index is 5.75. The Morgan fingerprint density at radius 3 is 2.63 bits per heavy atom. The summed E-state index contributed by atoms with van der Waals surface area (Å²) in [5.74, 6) is 4.70. The molecule has 0 aromatic carbocycles. The molecule has 0 radical (unpaired) electrons. The summed E-state index contributed by atoms with van der Waals surface area (Å²) in [7, 11) is 0. The summed E-state index contributed by atoms with van der Waals surface area (Å²) < 4.78 is 2.24. The van der Waals surface area contributed by atoms with E-state index in [0.717, 1.165) is 24.2 Å². The van der Waals surface area contributed by atoms with Crippen LogP contribution in [0, 0.1) is 11.8 Å². The summed E-state index contributed by atoms with van der Waals surface area (Å²) >= 11 is 0. The van der Waals surface area contributed by atoms with Crippen molar-refractivity contribution in [2.45, 2.75) is 70.9 Å². The fourth-order valence-corrected chi connectivity index (χ4v) is 4.25. The summed E-state index contributed by atoms with van der Waals surface area (Å²) in [5.41, 5.74) is 5.75. The Morgan fingerprint density at radius 1 is 1.11 bits per heavy atom. The van der Waals surface area contributed by atoms with E-state index in [2.05, 4.69) is 21.7 Å². The zero-order valence-corrected chi connectivity index (χ0v) is 12.0. The third kappa shape index (κ3) is 2.42. The Hall–Kier alpha value is -0.900. The lowest BCUT2D eigenvalue weighted by Gasteiger charge is -2.39. The molecule has 1 heterocycles. The van der Waals surface area contributed by atoms with Gasteiger partial charge in [0.2, 0.25) is 0 Å². The minimum absolute atomic E-state index is 0.500. The molecule has 4 heteroatoms. The van der Waals surface area contributed by atoms with E-state index in [1.807, 2.05) is 0 Å². The minimum Gasteiger partial charge on any atom is -0.324 e. The molecule has 1 aromatic heterocycles. The predicted molar refractivity (Wildman–Crippen MR) is 75.6 cm³/mol. The van der Waals surface area contributed by atoms with Crippen molar-refractivity contribution in [3.05, 3.63) is 11.6 Å². The highest BCUT2D eigenvalue weighted by Crippen LogP contribution is 2.45. The number of nitrogens with two attached hydrogens (primary N) is 1. The number of nitrogens with zero attached hydrogens (tertiary/aromatic N) is 3. The molecule has 3 unspecified atom stereocenters. The summed E-state index contributed by atoms with van der Waals surface area (Å²) in [4.78, 5) is 0. The maximum atomic E-state index is 5.75. The molecule has 2 aliphatic carbocycles. The van der Waals surface area contributed by atoms with Gasteiger partial charge in [0, 0.05) is 12.5 Å². The first kappa shape index (κ1) is 13.1. The van der Waals surface area contributed by atoms with Gasteiger partial charge in [-0.05, 0) is 38.0 Å². The highest BCUT2D eigenvalue weighted by molar-refractivity contribution is 5.05. The first-order valence-corrected chi connectivity index (χ1v) is 7.95. The average molecular weight is 262 g/mol. The van der Waals surface area contributed by atoms with Crippen LogP contribution in [0.2, 0.25) is 0 Å². The van der Waals surface area contributed by atoms with Gasteiger partial charge in [-0.15, -0.1) is 10.2 Å². The molecule has 1 aromatic rings. The van der Waals surface area contributed by atoms with E-state index in [-0.39, 0.29) is 0 Å². The lowest BCUT2D eigenvalue weighted by molar-refractivity contribution is 0.151. The van der Waals surface area contributed by atoms with E-state index in [1.54, 1.807) is 0 Å². The molecule has 0 amide bonds. The molecule has 106 valence electrons. The minimum atomic E-state index is 0.500. The molecule has 2 N–H and O–H groups in total. The van der Waals surface area contributed by atoms with Gasteiger partial charge in [0.1, 0.15) is 11.6 Å². The average Bonchev–Trinajstić information content (AvgIpc) is 2.89. The van der Waals surface area contributed by atoms with Crippen LogP contribution in [-0.2, 0) is 13.1 Å². The number of hydrogen-bond acceptors (Lipinski definition) is 3. The smallest absolute Gasteiger partial charge is 0.146 e. The Morgan fingerprint density at radius 2 is 1.89 bits per heavy atom. The van der Waals surface area contributed by atoms with Crippen LogP contribution in [0.4, 0.5) is 0 Å². The van der Waals surface area contributed by atoms with Crippen LogP contribution >= 0.6 is 0 Å². The Kier molecular flexibility index (Phi) is 3.87. The molecule has 2 aliphatic rings. The standard InChI is InChI=1S/C15H26N4/c1-2-19-14(10-16)17-18-15(19)13-8-7-11-5-3-4-6-12(11)9-13/h11-13H,2-10,16H2,1H3. The van der Waals surface area contributed by atoms with Gasteiger partial charge in [-0.1, -0.05) is 25.7 Å². The number of hydrogen-bond donors (Lipinski definition) is 1. The summed E-state index contributed by atoms with van der Waals surface area (Å²) in [6.45, 7) is 3.61. The van der Waals surface area contributed by atoms with Crippen LogP contribution in [0.25, 0.3) is 0 Å². The van der Waals surface area contributed by atoms with Gasteiger partial charge in [-0.2, -0.15) is 0 Å². The van der Waals surface area contributed by atoms with E-state index in [0.29, 0.717) is 12.5 Å². The van der Waals surface area contributed by atoms with Crippen molar-refractivity contribution in [3.63, 3.8) is 0 Å². The van der Waals surface area contributed by atoms with Gasteiger partial charge in [-0.3, -0.25) is 0 Å². The van der Waals surface area contributed by atoms with E-state index in [1.165, 1.54) is 50.8 Å². The van der Waals surface area contributed by atoms with Crippen molar-refractivity contribution in [3.8, 4) is 0 Å². The van der Waals surface area contributed by atoms with E-state index in [9.17, 15) is 0 Å². The molecule has 3 atom stereocenters. The van der Waals surface area contributed by atoms with Gasteiger partial charge < -0.3 is 10.3 Å². The highest BCUT2D eigenvalue weighted by atomic mass is 15.3. The zero-order valence-electron chi connectivity index (χ0n) is 12.0. The second-order valence-corrected chi connectivity index (χ2v) is 6.24. The van der Waals surface area contributed by atoms with E-state index in [4.69, 9.17) is 5.73 Å². The van der Waals surface area contributed by atoms with Crippen LogP contribution in [-0.4, -0.2) is 14.8 Å². The summed E-state index contributed by atoms with van der Waals surface area (Å²) in [6.07, 6.45) is 9.80. The maximum Gasteiger partial charge on any atom is 0.146 e. The summed E-state index contributed by atoms with van der Waals surface area (Å²) in [6, 6.07) is 0. The van der Waals surface area contributed by atoms with Crippen LogP contribution in [0.1, 0.15) is 69.4 Å². The fraction of sp³-hybridized carbons (Fsp3) is 0.867. The molecule has 0 bridgehead atoms. The van der Waals surface area contributed by atoms with E-state index < -0.39 is 0 Å². The molecular weight excluding hydrogens is 236 g/mol. The van der Waals surface area contributed by atoms with Crippen molar-refractivity contribution in [1.82, 2.24) is 14.8 Å². The van der Waals surface area contributed by atoms with Crippen molar-refractivity contribution >= 4 is 0 Å². The van der Waals surface area contributed by atoms with Crippen LogP contribution in [0.15, 0.2) is 0 Å². The molecule has 0 saturated heterocycles. The largest absolute Gasteiger partial charge is 0.324 e.